The van der Waals surface area contributed by atoms with Gasteiger partial charge < -0.3 is 5.32 Å². The summed E-state index contributed by atoms with van der Waals surface area (Å²) in [5.41, 5.74) is 2.35. The van der Waals surface area contributed by atoms with Crippen LogP contribution in [0.25, 0.3) is 0 Å². The molecule has 1 saturated carbocycles. The van der Waals surface area contributed by atoms with Gasteiger partial charge >= 0.3 is 0 Å². The van der Waals surface area contributed by atoms with Crippen molar-refractivity contribution in [3.8, 4) is 0 Å². The minimum Gasteiger partial charge on any atom is -0.379 e. The van der Waals surface area contributed by atoms with Crippen molar-refractivity contribution in [1.29, 1.82) is 0 Å². The Morgan fingerprint density at radius 3 is 2.59 bits per heavy atom. The van der Waals surface area contributed by atoms with Crippen LogP contribution in [0.5, 0.6) is 0 Å². The Morgan fingerprint density at radius 2 is 2.18 bits per heavy atom. The van der Waals surface area contributed by atoms with E-state index in [-0.39, 0.29) is 16.1 Å². The molecule has 0 heterocycles. The fourth-order valence-corrected chi connectivity index (χ4v) is 2.36. The summed E-state index contributed by atoms with van der Waals surface area (Å²) in [5.74, 6) is 0. The molecule has 1 aliphatic carbocycles. The van der Waals surface area contributed by atoms with Crippen molar-refractivity contribution in [2.45, 2.75) is 45.1 Å². The molecule has 1 aromatic carbocycles. The lowest BCUT2D eigenvalue weighted by atomic mass is 9.74. The molecular formula is C13H18N2O2. The lowest BCUT2D eigenvalue weighted by Gasteiger charge is -2.43. The molecule has 17 heavy (non-hydrogen) atoms. The van der Waals surface area contributed by atoms with E-state index in [1.807, 2.05) is 13.0 Å². The molecule has 2 rings (SSSR count). The van der Waals surface area contributed by atoms with Crippen molar-refractivity contribution in [2.75, 3.05) is 5.32 Å². The number of benzene rings is 1. The first-order valence-electron chi connectivity index (χ1n) is 6.09. The number of aryl methyl sites for hydroxylation is 1. The van der Waals surface area contributed by atoms with Gasteiger partial charge in [-0.2, -0.15) is 0 Å². The molecule has 0 atom stereocenters. The number of rotatable bonds is 4. The minimum atomic E-state index is -0.351. The predicted molar refractivity (Wildman–Crippen MR) is 68.3 cm³/mol. The first-order chi connectivity index (χ1) is 8.06. The normalized spacial score (nSPS) is 17.3. The summed E-state index contributed by atoms with van der Waals surface area (Å²) in [6.45, 7) is 4.10. The van der Waals surface area contributed by atoms with Crippen molar-refractivity contribution in [3.05, 3.63) is 33.9 Å². The maximum atomic E-state index is 10.7. The second-order valence-electron chi connectivity index (χ2n) is 4.87. The average molecular weight is 234 g/mol. The molecule has 0 aromatic heterocycles. The van der Waals surface area contributed by atoms with E-state index < -0.39 is 0 Å². The predicted octanol–water partition coefficient (Wildman–Crippen LogP) is 3.65. The molecule has 4 heteroatoms. The van der Waals surface area contributed by atoms with E-state index in [9.17, 15) is 10.1 Å². The van der Waals surface area contributed by atoms with Crippen LogP contribution in [0.2, 0.25) is 0 Å². The highest BCUT2D eigenvalue weighted by Gasteiger charge is 2.35. The molecule has 0 amide bonds. The third-order valence-electron chi connectivity index (χ3n) is 3.81. The molecule has 92 valence electrons. The van der Waals surface area contributed by atoms with Crippen molar-refractivity contribution in [2.24, 2.45) is 0 Å². The van der Waals surface area contributed by atoms with Gasteiger partial charge in [-0.1, -0.05) is 6.92 Å². The van der Waals surface area contributed by atoms with Gasteiger partial charge in [0.1, 0.15) is 0 Å². The Kier molecular flexibility index (Phi) is 3.05. The quantitative estimate of drug-likeness (QED) is 0.639. The van der Waals surface area contributed by atoms with E-state index in [1.165, 1.54) is 19.3 Å². The Hall–Kier alpha value is -1.58. The average Bonchev–Trinajstić information content (AvgIpc) is 2.25. The van der Waals surface area contributed by atoms with Crippen molar-refractivity contribution < 1.29 is 4.92 Å². The van der Waals surface area contributed by atoms with Gasteiger partial charge in [0, 0.05) is 23.4 Å². The van der Waals surface area contributed by atoms with Crippen molar-refractivity contribution in [1.82, 2.24) is 0 Å². The molecule has 0 aliphatic heterocycles. The first kappa shape index (κ1) is 11.9. The molecule has 0 saturated heterocycles. The maximum Gasteiger partial charge on any atom is 0.269 e. The Balaban J connectivity index is 2.19. The number of nitrogens with zero attached hydrogens (tertiary/aromatic N) is 1. The van der Waals surface area contributed by atoms with Crippen LogP contribution in [0.3, 0.4) is 0 Å². The molecule has 1 aliphatic rings. The van der Waals surface area contributed by atoms with Gasteiger partial charge in [-0.15, -0.1) is 0 Å². The zero-order valence-corrected chi connectivity index (χ0v) is 10.3. The molecule has 1 fully saturated rings. The number of nitrogens with one attached hydrogen (secondary N) is 1. The van der Waals surface area contributed by atoms with Crippen LogP contribution < -0.4 is 5.32 Å². The van der Waals surface area contributed by atoms with Gasteiger partial charge in [0.05, 0.1) is 4.92 Å². The third-order valence-corrected chi connectivity index (χ3v) is 3.81. The standard InChI is InChI=1S/C13H18N2O2/c1-3-13(7-4-8-13)14-12-6-5-11(15(16)17)9-10(12)2/h5-6,9,14H,3-4,7-8H2,1-2H3. The number of hydrogen-bond donors (Lipinski definition) is 1. The SMILES string of the molecule is CCC1(Nc2ccc([N+](=O)[O-])cc2C)CCC1. The largest absolute Gasteiger partial charge is 0.379 e. The van der Waals surface area contributed by atoms with Crippen LogP contribution >= 0.6 is 0 Å². The molecule has 0 bridgehead atoms. The summed E-state index contributed by atoms with van der Waals surface area (Å²) in [7, 11) is 0. The summed E-state index contributed by atoms with van der Waals surface area (Å²) in [4.78, 5) is 10.3. The van der Waals surface area contributed by atoms with E-state index in [4.69, 9.17) is 0 Å². The summed E-state index contributed by atoms with van der Waals surface area (Å²) in [6.07, 6.45) is 4.76. The van der Waals surface area contributed by atoms with Crippen LogP contribution in [-0.2, 0) is 0 Å². The molecular weight excluding hydrogens is 216 g/mol. The lowest BCUT2D eigenvalue weighted by molar-refractivity contribution is -0.384. The van der Waals surface area contributed by atoms with E-state index in [0.717, 1.165) is 17.7 Å². The van der Waals surface area contributed by atoms with Crippen molar-refractivity contribution in [3.63, 3.8) is 0 Å². The molecule has 0 unspecified atom stereocenters. The zero-order valence-electron chi connectivity index (χ0n) is 10.3. The van der Waals surface area contributed by atoms with Crippen LogP contribution in [0.15, 0.2) is 18.2 Å². The molecule has 0 radical (unpaired) electrons. The topological polar surface area (TPSA) is 55.2 Å². The zero-order chi connectivity index (χ0) is 12.5. The summed E-state index contributed by atoms with van der Waals surface area (Å²) < 4.78 is 0. The van der Waals surface area contributed by atoms with E-state index in [1.54, 1.807) is 12.1 Å². The van der Waals surface area contributed by atoms with E-state index >= 15 is 0 Å². The van der Waals surface area contributed by atoms with Crippen LogP contribution in [-0.4, -0.2) is 10.5 Å². The number of nitro groups is 1. The fraction of sp³-hybridized carbons (Fsp3) is 0.538. The van der Waals surface area contributed by atoms with Crippen LogP contribution in [0.1, 0.15) is 38.2 Å². The summed E-state index contributed by atoms with van der Waals surface area (Å²) >= 11 is 0. The lowest BCUT2D eigenvalue weighted by Crippen LogP contribution is -2.44. The van der Waals surface area contributed by atoms with E-state index in [0.29, 0.717) is 0 Å². The van der Waals surface area contributed by atoms with Crippen LogP contribution in [0, 0.1) is 17.0 Å². The minimum absolute atomic E-state index is 0.159. The van der Waals surface area contributed by atoms with Gasteiger partial charge in [-0.25, -0.2) is 0 Å². The number of hydrogen-bond acceptors (Lipinski definition) is 3. The summed E-state index contributed by atoms with van der Waals surface area (Å²) in [5, 5.41) is 14.2. The number of nitro benzene ring substituents is 1. The van der Waals surface area contributed by atoms with Gasteiger partial charge in [-0.3, -0.25) is 10.1 Å². The second kappa shape index (κ2) is 4.35. The Morgan fingerprint density at radius 1 is 1.47 bits per heavy atom. The van der Waals surface area contributed by atoms with Gasteiger partial charge in [-0.05, 0) is 44.2 Å². The summed E-state index contributed by atoms with van der Waals surface area (Å²) in [6, 6.07) is 5.02. The van der Waals surface area contributed by atoms with Crippen LogP contribution in [0.4, 0.5) is 11.4 Å². The maximum absolute atomic E-state index is 10.7. The second-order valence-corrected chi connectivity index (χ2v) is 4.87. The van der Waals surface area contributed by atoms with E-state index in [2.05, 4.69) is 12.2 Å². The highest BCUT2D eigenvalue weighted by atomic mass is 16.6. The number of anilines is 1. The van der Waals surface area contributed by atoms with Gasteiger partial charge in [0.2, 0.25) is 0 Å². The molecule has 1 aromatic rings. The molecule has 4 nitrogen and oxygen atoms in total. The highest BCUT2D eigenvalue weighted by Crippen LogP contribution is 2.38. The van der Waals surface area contributed by atoms with Gasteiger partial charge in [0.25, 0.3) is 5.69 Å². The highest BCUT2D eigenvalue weighted by molar-refractivity contribution is 5.57. The fourth-order valence-electron chi connectivity index (χ4n) is 2.36. The monoisotopic (exact) mass is 234 g/mol. The third kappa shape index (κ3) is 2.25. The number of non-ortho nitro benzene ring substituents is 1. The smallest absolute Gasteiger partial charge is 0.269 e. The molecule has 1 N–H and O–H groups in total. The molecule has 0 spiro atoms. The Labute approximate surface area is 101 Å². The van der Waals surface area contributed by atoms with Crippen molar-refractivity contribution >= 4 is 11.4 Å². The van der Waals surface area contributed by atoms with Gasteiger partial charge in [0.15, 0.2) is 0 Å². The first-order valence-corrected chi connectivity index (χ1v) is 6.09. The Bertz CT molecular complexity index is 434.